The molecule has 1 heterocycles. The molecule has 0 saturated heterocycles. The molecule has 1 aliphatic rings. The van der Waals surface area contributed by atoms with Gasteiger partial charge < -0.3 is 10.5 Å². The molecule has 2 rings (SSSR count). The molecule has 1 aliphatic heterocycles. The maximum Gasteiger partial charge on any atom is 0.241 e. The number of sulfonamides is 1. The monoisotopic (exact) mass is 298 g/mol. The van der Waals surface area contributed by atoms with E-state index in [1.807, 2.05) is 13.8 Å². The summed E-state index contributed by atoms with van der Waals surface area (Å²) >= 11 is 0. The van der Waals surface area contributed by atoms with E-state index in [0.717, 1.165) is 17.7 Å². The highest BCUT2D eigenvalue weighted by Gasteiger charge is 2.31. The first-order chi connectivity index (χ1) is 9.46. The highest BCUT2D eigenvalue weighted by Crippen LogP contribution is 2.28. The fraction of sp³-hybridized carbons (Fsp3) is 0.571. The van der Waals surface area contributed by atoms with Crippen LogP contribution in [0.15, 0.2) is 23.1 Å². The number of hydrogen-bond acceptors (Lipinski definition) is 4. The highest BCUT2D eigenvalue weighted by atomic mass is 32.2. The van der Waals surface area contributed by atoms with Crippen LogP contribution in [0.4, 0.5) is 0 Å². The van der Waals surface area contributed by atoms with E-state index < -0.39 is 15.6 Å². The molecule has 0 saturated carbocycles. The van der Waals surface area contributed by atoms with Crippen LogP contribution in [0, 0.1) is 0 Å². The van der Waals surface area contributed by atoms with Crippen molar-refractivity contribution in [3.05, 3.63) is 23.8 Å². The molecule has 6 heteroatoms. The molecule has 112 valence electrons. The van der Waals surface area contributed by atoms with Gasteiger partial charge in [0.25, 0.3) is 0 Å². The largest absolute Gasteiger partial charge is 0.493 e. The first-order valence-corrected chi connectivity index (χ1v) is 8.44. The number of benzene rings is 1. The molecule has 0 spiro atoms. The number of nitrogens with one attached hydrogen (secondary N) is 1. The van der Waals surface area contributed by atoms with Gasteiger partial charge in [0.05, 0.1) is 11.5 Å². The van der Waals surface area contributed by atoms with Crippen molar-refractivity contribution < 1.29 is 13.2 Å². The molecule has 1 aromatic carbocycles. The van der Waals surface area contributed by atoms with Gasteiger partial charge >= 0.3 is 0 Å². The predicted octanol–water partition coefficient (Wildman–Crippen LogP) is 1.42. The normalized spacial score (nSPS) is 14.9. The number of rotatable bonds is 6. The minimum atomic E-state index is -3.56. The third-order valence-electron chi connectivity index (χ3n) is 4.07. The van der Waals surface area contributed by atoms with Gasteiger partial charge in [-0.15, -0.1) is 0 Å². The van der Waals surface area contributed by atoms with Gasteiger partial charge in [-0.05, 0) is 36.6 Å². The maximum atomic E-state index is 12.5. The van der Waals surface area contributed by atoms with E-state index in [1.165, 1.54) is 0 Å². The predicted molar refractivity (Wildman–Crippen MR) is 78.3 cm³/mol. The van der Waals surface area contributed by atoms with Gasteiger partial charge in [0, 0.05) is 18.5 Å². The van der Waals surface area contributed by atoms with Crippen LogP contribution in [0.25, 0.3) is 0 Å². The third kappa shape index (κ3) is 2.82. The Morgan fingerprint density at radius 2 is 2.05 bits per heavy atom. The molecular weight excluding hydrogens is 276 g/mol. The van der Waals surface area contributed by atoms with Crippen LogP contribution in [0.2, 0.25) is 0 Å². The van der Waals surface area contributed by atoms with Crippen LogP contribution in [-0.2, 0) is 16.4 Å². The van der Waals surface area contributed by atoms with Crippen LogP contribution < -0.4 is 15.2 Å². The van der Waals surface area contributed by atoms with Crippen LogP contribution in [0.5, 0.6) is 5.75 Å². The molecular formula is C14H22N2O3S. The Morgan fingerprint density at radius 3 is 2.65 bits per heavy atom. The highest BCUT2D eigenvalue weighted by molar-refractivity contribution is 7.89. The van der Waals surface area contributed by atoms with Crippen molar-refractivity contribution in [1.82, 2.24) is 4.72 Å². The van der Waals surface area contributed by atoms with Crippen molar-refractivity contribution in [3.63, 3.8) is 0 Å². The van der Waals surface area contributed by atoms with Crippen LogP contribution >= 0.6 is 0 Å². The van der Waals surface area contributed by atoms with E-state index in [0.29, 0.717) is 19.4 Å². The molecule has 0 aliphatic carbocycles. The Morgan fingerprint density at radius 1 is 1.35 bits per heavy atom. The summed E-state index contributed by atoms with van der Waals surface area (Å²) < 4.78 is 33.2. The van der Waals surface area contributed by atoms with E-state index in [9.17, 15) is 8.42 Å². The Hall–Kier alpha value is -1.11. The van der Waals surface area contributed by atoms with Gasteiger partial charge in [-0.1, -0.05) is 13.8 Å². The molecule has 0 bridgehead atoms. The first kappa shape index (κ1) is 15.3. The van der Waals surface area contributed by atoms with Gasteiger partial charge in [-0.25, -0.2) is 13.1 Å². The Bertz CT molecular complexity index is 572. The van der Waals surface area contributed by atoms with Gasteiger partial charge in [0.1, 0.15) is 5.75 Å². The van der Waals surface area contributed by atoms with E-state index >= 15 is 0 Å². The summed E-state index contributed by atoms with van der Waals surface area (Å²) in [6.45, 7) is 4.78. The zero-order valence-corrected chi connectivity index (χ0v) is 12.8. The van der Waals surface area contributed by atoms with Gasteiger partial charge in [0.15, 0.2) is 0 Å². The smallest absolute Gasteiger partial charge is 0.241 e. The average molecular weight is 298 g/mol. The molecule has 0 fully saturated rings. The number of hydrogen-bond donors (Lipinski definition) is 2. The van der Waals surface area contributed by atoms with E-state index in [1.54, 1.807) is 18.2 Å². The lowest BCUT2D eigenvalue weighted by Crippen LogP contribution is -2.52. The summed E-state index contributed by atoms with van der Waals surface area (Å²) in [6.07, 6.45) is 2.07. The molecule has 0 radical (unpaired) electrons. The second-order valence-electron chi connectivity index (χ2n) is 5.17. The van der Waals surface area contributed by atoms with E-state index in [2.05, 4.69) is 4.72 Å². The van der Waals surface area contributed by atoms with Crippen molar-refractivity contribution in [2.75, 3.05) is 13.2 Å². The van der Waals surface area contributed by atoms with Crippen molar-refractivity contribution in [2.45, 2.75) is 43.5 Å². The second-order valence-corrected chi connectivity index (χ2v) is 6.85. The van der Waals surface area contributed by atoms with Gasteiger partial charge in [-0.2, -0.15) is 0 Å². The fourth-order valence-corrected chi connectivity index (χ4v) is 4.00. The van der Waals surface area contributed by atoms with Crippen molar-refractivity contribution in [2.24, 2.45) is 5.73 Å². The van der Waals surface area contributed by atoms with Crippen molar-refractivity contribution >= 4 is 10.0 Å². The second kappa shape index (κ2) is 5.71. The summed E-state index contributed by atoms with van der Waals surface area (Å²) in [4.78, 5) is 0.279. The minimum absolute atomic E-state index is 0.279. The Balaban J connectivity index is 2.31. The lowest BCUT2D eigenvalue weighted by molar-refractivity contribution is 0.356. The molecule has 3 N–H and O–H groups in total. The van der Waals surface area contributed by atoms with E-state index in [-0.39, 0.29) is 11.4 Å². The fourth-order valence-electron chi connectivity index (χ4n) is 2.40. The standard InChI is InChI=1S/C14H22N2O3S/c1-3-14(4-2,10-15)16-20(17,18)12-5-6-13-11(9-12)7-8-19-13/h5-6,9,16H,3-4,7-8,10,15H2,1-2H3. The molecule has 0 atom stereocenters. The van der Waals surface area contributed by atoms with E-state index in [4.69, 9.17) is 10.5 Å². The van der Waals surface area contributed by atoms with Gasteiger partial charge in [0.2, 0.25) is 10.0 Å². The quantitative estimate of drug-likeness (QED) is 0.832. The molecule has 1 aromatic rings. The molecule has 0 amide bonds. The Kier molecular flexibility index (Phi) is 4.36. The summed E-state index contributed by atoms with van der Waals surface area (Å²) in [5, 5.41) is 0. The molecule has 0 unspecified atom stereocenters. The molecule has 0 aromatic heterocycles. The summed E-state index contributed by atoms with van der Waals surface area (Å²) in [5.41, 5.74) is 6.13. The van der Waals surface area contributed by atoms with Crippen LogP contribution in [0.3, 0.4) is 0 Å². The van der Waals surface area contributed by atoms with Crippen molar-refractivity contribution in [3.8, 4) is 5.75 Å². The lowest BCUT2D eigenvalue weighted by Gasteiger charge is -2.31. The molecule has 5 nitrogen and oxygen atoms in total. The number of ether oxygens (including phenoxy) is 1. The summed E-state index contributed by atoms with van der Waals surface area (Å²) in [6, 6.07) is 5.00. The molecule has 20 heavy (non-hydrogen) atoms. The van der Waals surface area contributed by atoms with Crippen molar-refractivity contribution in [1.29, 1.82) is 0 Å². The van der Waals surface area contributed by atoms with Crippen LogP contribution in [0.1, 0.15) is 32.3 Å². The number of fused-ring (bicyclic) bond motifs is 1. The maximum absolute atomic E-state index is 12.5. The SMILES string of the molecule is CCC(CC)(CN)NS(=O)(=O)c1ccc2c(c1)CCO2. The lowest BCUT2D eigenvalue weighted by atomic mass is 9.95. The number of nitrogens with two attached hydrogens (primary N) is 1. The average Bonchev–Trinajstić information content (AvgIpc) is 2.92. The van der Waals surface area contributed by atoms with Crippen LogP contribution in [-0.4, -0.2) is 27.1 Å². The third-order valence-corrected chi connectivity index (χ3v) is 5.64. The Labute approximate surface area is 120 Å². The van der Waals surface area contributed by atoms with Gasteiger partial charge in [-0.3, -0.25) is 0 Å². The zero-order valence-electron chi connectivity index (χ0n) is 12.0. The minimum Gasteiger partial charge on any atom is -0.493 e. The topological polar surface area (TPSA) is 81.4 Å². The first-order valence-electron chi connectivity index (χ1n) is 6.96. The zero-order chi connectivity index (χ0) is 14.8. The summed E-state index contributed by atoms with van der Waals surface area (Å²) in [5.74, 6) is 0.778. The summed E-state index contributed by atoms with van der Waals surface area (Å²) in [7, 11) is -3.56.